The lowest BCUT2D eigenvalue weighted by Crippen LogP contribution is -2.55. The Labute approximate surface area is 206 Å². The van der Waals surface area contributed by atoms with E-state index < -0.39 is 21.7 Å². The highest BCUT2D eigenvalue weighted by molar-refractivity contribution is 7.89. The molecule has 35 heavy (non-hydrogen) atoms. The molecule has 1 aliphatic heterocycles. The standard InChI is InChI=1S/C24H33FN4O5S/c1-16-6-7-18(12-20(16)25)21(33-22-9-8-19(13-27-22)35(26,31)32)15-28-10-11-29(17(2)14-28)23(30)34-24(3,4)5/h6-9,12-13,17,21H,10-11,14-15H2,1-5H3,(H2,26,31,32)/t17-,21?/m1/s1. The number of benzene rings is 1. The predicted molar refractivity (Wildman–Crippen MR) is 129 cm³/mol. The number of pyridine rings is 1. The average molecular weight is 509 g/mol. The monoisotopic (exact) mass is 508 g/mol. The van der Waals surface area contributed by atoms with Crippen molar-refractivity contribution in [2.75, 3.05) is 26.2 Å². The summed E-state index contributed by atoms with van der Waals surface area (Å²) >= 11 is 0. The molecule has 1 aromatic carbocycles. The quantitative estimate of drug-likeness (QED) is 0.637. The second-order valence-electron chi connectivity index (χ2n) is 9.77. The molecule has 0 spiro atoms. The molecule has 3 rings (SSSR count). The van der Waals surface area contributed by atoms with Crippen LogP contribution in [-0.4, -0.2) is 67.1 Å². The second-order valence-corrected chi connectivity index (χ2v) is 11.3. The highest BCUT2D eigenvalue weighted by Gasteiger charge is 2.32. The Balaban J connectivity index is 1.76. The van der Waals surface area contributed by atoms with Crippen LogP contribution in [0.2, 0.25) is 0 Å². The zero-order valence-corrected chi connectivity index (χ0v) is 21.5. The predicted octanol–water partition coefficient (Wildman–Crippen LogP) is 3.24. The molecule has 192 valence electrons. The number of carbonyl (C=O) groups is 1. The number of carbonyl (C=O) groups excluding carboxylic acids is 1. The van der Waals surface area contributed by atoms with Crippen LogP contribution >= 0.6 is 0 Å². The first-order chi connectivity index (χ1) is 16.2. The van der Waals surface area contributed by atoms with Gasteiger partial charge in [-0.05, 0) is 57.9 Å². The number of nitrogens with two attached hydrogens (primary N) is 1. The highest BCUT2D eigenvalue weighted by Crippen LogP contribution is 2.26. The molecule has 2 aromatic rings. The maximum Gasteiger partial charge on any atom is 0.410 e. The van der Waals surface area contributed by atoms with Crippen molar-refractivity contribution in [3.05, 3.63) is 53.5 Å². The van der Waals surface area contributed by atoms with Crippen LogP contribution in [0.15, 0.2) is 41.4 Å². The van der Waals surface area contributed by atoms with Crippen LogP contribution in [0.1, 0.15) is 44.9 Å². The van der Waals surface area contributed by atoms with Gasteiger partial charge in [0.2, 0.25) is 15.9 Å². The number of aryl methyl sites for hydroxylation is 1. The Hall–Kier alpha value is -2.76. The minimum atomic E-state index is -3.88. The van der Waals surface area contributed by atoms with Crippen molar-refractivity contribution in [1.29, 1.82) is 0 Å². The Morgan fingerprint density at radius 3 is 2.51 bits per heavy atom. The third kappa shape index (κ3) is 7.36. The molecule has 11 heteroatoms. The summed E-state index contributed by atoms with van der Waals surface area (Å²) < 4.78 is 49.0. The fourth-order valence-electron chi connectivity index (χ4n) is 3.80. The smallest absolute Gasteiger partial charge is 0.410 e. The number of hydrogen-bond acceptors (Lipinski definition) is 7. The zero-order chi connectivity index (χ0) is 26.0. The number of hydrogen-bond donors (Lipinski definition) is 1. The number of nitrogens with zero attached hydrogens (tertiary/aromatic N) is 3. The van der Waals surface area contributed by atoms with Gasteiger partial charge in [-0.15, -0.1) is 0 Å². The Morgan fingerprint density at radius 1 is 1.26 bits per heavy atom. The summed E-state index contributed by atoms with van der Waals surface area (Å²) in [5.74, 6) is -0.166. The second kappa shape index (κ2) is 10.5. The Bertz CT molecular complexity index is 1150. The van der Waals surface area contributed by atoms with Gasteiger partial charge in [-0.2, -0.15) is 0 Å². The summed E-state index contributed by atoms with van der Waals surface area (Å²) in [6.07, 6.45) is 0.189. The summed E-state index contributed by atoms with van der Waals surface area (Å²) in [7, 11) is -3.88. The van der Waals surface area contributed by atoms with Crippen LogP contribution in [-0.2, 0) is 14.8 Å². The van der Waals surface area contributed by atoms with E-state index in [1.807, 2.05) is 27.7 Å². The molecule has 2 atom stereocenters. The van der Waals surface area contributed by atoms with Gasteiger partial charge in [0.15, 0.2) is 0 Å². The maximum absolute atomic E-state index is 14.4. The molecule has 0 bridgehead atoms. The van der Waals surface area contributed by atoms with Crippen molar-refractivity contribution < 1.29 is 27.1 Å². The highest BCUT2D eigenvalue weighted by atomic mass is 32.2. The van der Waals surface area contributed by atoms with Crippen LogP contribution in [0.5, 0.6) is 5.88 Å². The number of ether oxygens (including phenoxy) is 2. The molecule has 9 nitrogen and oxygen atoms in total. The molecule has 2 heterocycles. The molecular weight excluding hydrogens is 475 g/mol. The molecule has 2 N–H and O–H groups in total. The van der Waals surface area contributed by atoms with Gasteiger partial charge < -0.3 is 14.4 Å². The first kappa shape index (κ1) is 26.8. The molecule has 1 aromatic heterocycles. The van der Waals surface area contributed by atoms with Crippen molar-refractivity contribution >= 4 is 16.1 Å². The van der Waals surface area contributed by atoms with E-state index in [0.717, 1.165) is 6.20 Å². The third-order valence-corrected chi connectivity index (χ3v) is 6.53. The first-order valence-corrected chi connectivity index (χ1v) is 12.9. The number of sulfonamides is 1. The summed E-state index contributed by atoms with van der Waals surface area (Å²) in [6.45, 7) is 11.2. The van der Waals surface area contributed by atoms with Gasteiger partial charge in [0.25, 0.3) is 0 Å². The van der Waals surface area contributed by atoms with E-state index in [9.17, 15) is 17.6 Å². The number of primary sulfonamides is 1. The van der Waals surface area contributed by atoms with Gasteiger partial charge in [0.05, 0.1) is 6.20 Å². The number of rotatable bonds is 6. The van der Waals surface area contributed by atoms with Crippen molar-refractivity contribution in [3.8, 4) is 5.88 Å². The van der Waals surface area contributed by atoms with Gasteiger partial charge in [-0.25, -0.2) is 27.7 Å². The molecule has 0 saturated carbocycles. The average Bonchev–Trinajstić information content (AvgIpc) is 2.74. The molecule has 1 aliphatic rings. The van der Waals surface area contributed by atoms with Crippen molar-refractivity contribution in [2.45, 2.75) is 57.3 Å². The van der Waals surface area contributed by atoms with E-state index in [-0.39, 0.29) is 28.7 Å². The maximum atomic E-state index is 14.4. The first-order valence-electron chi connectivity index (χ1n) is 11.4. The van der Waals surface area contributed by atoms with Gasteiger partial charge in [-0.1, -0.05) is 12.1 Å². The number of piperazine rings is 1. The van der Waals surface area contributed by atoms with Crippen LogP contribution in [0, 0.1) is 12.7 Å². The Morgan fingerprint density at radius 2 is 1.97 bits per heavy atom. The van der Waals surface area contributed by atoms with Gasteiger partial charge >= 0.3 is 6.09 Å². The van der Waals surface area contributed by atoms with Crippen LogP contribution in [0.4, 0.5) is 9.18 Å². The third-order valence-electron chi connectivity index (χ3n) is 5.63. The lowest BCUT2D eigenvalue weighted by Gasteiger charge is -2.41. The van der Waals surface area contributed by atoms with Crippen molar-refractivity contribution in [3.63, 3.8) is 0 Å². The van der Waals surface area contributed by atoms with E-state index in [2.05, 4.69) is 9.88 Å². The van der Waals surface area contributed by atoms with E-state index >= 15 is 0 Å². The summed E-state index contributed by atoms with van der Waals surface area (Å²) in [5.41, 5.74) is 0.559. The number of halogens is 1. The summed E-state index contributed by atoms with van der Waals surface area (Å²) in [4.78, 5) is 20.3. The van der Waals surface area contributed by atoms with Crippen molar-refractivity contribution in [1.82, 2.24) is 14.8 Å². The van der Waals surface area contributed by atoms with Crippen LogP contribution < -0.4 is 9.88 Å². The van der Waals surface area contributed by atoms with E-state index in [4.69, 9.17) is 14.6 Å². The van der Waals surface area contributed by atoms with Crippen LogP contribution in [0.3, 0.4) is 0 Å². The van der Waals surface area contributed by atoms with Crippen molar-refractivity contribution in [2.24, 2.45) is 5.14 Å². The molecule has 0 radical (unpaired) electrons. The molecule has 0 aliphatic carbocycles. The molecule has 1 unspecified atom stereocenters. The fourth-order valence-corrected chi connectivity index (χ4v) is 4.25. The summed E-state index contributed by atoms with van der Waals surface area (Å²) in [5, 5.41) is 5.14. The SMILES string of the molecule is Cc1ccc(C(CN2CCN(C(=O)OC(C)(C)C)[C@H](C)C2)Oc2ccc(S(N)(=O)=O)cn2)cc1F. The van der Waals surface area contributed by atoms with Gasteiger partial charge in [-0.3, -0.25) is 4.90 Å². The van der Waals surface area contributed by atoms with Crippen LogP contribution in [0.25, 0.3) is 0 Å². The fraction of sp³-hybridized carbons (Fsp3) is 0.500. The number of aromatic nitrogens is 1. The van der Waals surface area contributed by atoms with E-state index in [1.165, 1.54) is 18.2 Å². The van der Waals surface area contributed by atoms with Gasteiger partial charge in [0.1, 0.15) is 22.4 Å². The summed E-state index contributed by atoms with van der Waals surface area (Å²) in [6, 6.07) is 7.54. The minimum Gasteiger partial charge on any atom is -0.468 e. The van der Waals surface area contributed by atoms with E-state index in [0.29, 0.717) is 37.3 Å². The molecule has 1 amide bonds. The molecule has 1 saturated heterocycles. The lowest BCUT2D eigenvalue weighted by atomic mass is 10.1. The van der Waals surface area contributed by atoms with E-state index in [1.54, 1.807) is 24.0 Å². The topological polar surface area (TPSA) is 115 Å². The normalized spacial score (nSPS) is 18.3. The largest absolute Gasteiger partial charge is 0.468 e. The molecule has 1 fully saturated rings. The molecular formula is C24H33FN4O5S. The zero-order valence-electron chi connectivity index (χ0n) is 20.7. The minimum absolute atomic E-state index is 0.0961. The van der Waals surface area contributed by atoms with Gasteiger partial charge in [0, 0.05) is 38.3 Å². The lowest BCUT2D eigenvalue weighted by molar-refractivity contribution is -0.00315. The number of amides is 1. The Kier molecular flexibility index (Phi) is 8.03.